The molecule has 0 spiro atoms. The molecule has 2 aromatic carbocycles. The highest BCUT2D eigenvalue weighted by Gasteiger charge is 2.30. The molecule has 0 fully saturated rings. The van der Waals surface area contributed by atoms with Crippen molar-refractivity contribution in [3.05, 3.63) is 65.5 Å². The highest BCUT2D eigenvalue weighted by atomic mass is 16.5. The maximum atomic E-state index is 12.6. The molecule has 2 heterocycles. The molecular formula is C16H13N5O2. The van der Waals surface area contributed by atoms with E-state index in [0.717, 1.165) is 11.3 Å². The number of fused-ring (bicyclic) bond motifs is 3. The van der Waals surface area contributed by atoms with Crippen molar-refractivity contribution in [3.63, 3.8) is 0 Å². The first-order valence-corrected chi connectivity index (χ1v) is 7.10. The molecule has 1 aliphatic rings. The smallest absolute Gasteiger partial charge is 0.254 e. The number of benzene rings is 2. The molecule has 0 unspecified atom stereocenters. The van der Waals surface area contributed by atoms with Crippen LogP contribution >= 0.6 is 0 Å². The molecule has 0 aliphatic carbocycles. The lowest BCUT2D eigenvalue weighted by Crippen LogP contribution is -2.28. The zero-order valence-corrected chi connectivity index (χ0v) is 12.3. The van der Waals surface area contributed by atoms with Gasteiger partial charge in [-0.05, 0) is 40.3 Å². The summed E-state index contributed by atoms with van der Waals surface area (Å²) in [4.78, 5) is 12.6. The summed E-state index contributed by atoms with van der Waals surface area (Å²) in [7, 11) is 1.61. The van der Waals surface area contributed by atoms with Crippen molar-refractivity contribution in [3.8, 4) is 11.4 Å². The summed E-state index contributed by atoms with van der Waals surface area (Å²) in [6.07, 6.45) is 0. The topological polar surface area (TPSA) is 81.9 Å². The number of nitrogens with one attached hydrogen (secondary N) is 1. The molecule has 1 amide bonds. The maximum absolute atomic E-state index is 12.6. The second-order valence-corrected chi connectivity index (χ2v) is 5.15. The van der Waals surface area contributed by atoms with Gasteiger partial charge in [-0.1, -0.05) is 24.3 Å². The van der Waals surface area contributed by atoms with Gasteiger partial charge in [-0.25, -0.2) is 0 Å². The highest BCUT2D eigenvalue weighted by molar-refractivity contribution is 5.98. The van der Waals surface area contributed by atoms with Gasteiger partial charge >= 0.3 is 0 Å². The summed E-state index contributed by atoms with van der Waals surface area (Å²) >= 11 is 0. The summed E-state index contributed by atoms with van der Waals surface area (Å²) in [5, 5.41) is 14.9. The third kappa shape index (κ3) is 2.13. The van der Waals surface area contributed by atoms with Crippen LogP contribution < -0.4 is 10.1 Å². The molecule has 4 rings (SSSR count). The molecule has 7 heteroatoms. The van der Waals surface area contributed by atoms with Gasteiger partial charge in [0.2, 0.25) is 0 Å². The quantitative estimate of drug-likeness (QED) is 0.776. The first-order valence-electron chi connectivity index (χ1n) is 7.10. The number of aromatic nitrogens is 4. The minimum absolute atomic E-state index is 0.172. The van der Waals surface area contributed by atoms with E-state index in [4.69, 9.17) is 4.74 Å². The standard InChI is InChI=1S/C16H13N5O2/c1-23-11-8-6-10(7-9-11)14-15-18-19-20-21(15)13-5-3-2-4-12(13)16(22)17-14/h2-9,14H,1H3,(H,17,22)/t14-/m1/s1. The second kappa shape index (κ2) is 5.20. The van der Waals surface area contributed by atoms with E-state index in [1.165, 1.54) is 0 Å². The van der Waals surface area contributed by atoms with E-state index in [1.807, 2.05) is 42.5 Å². The Bertz CT molecular complexity index is 872. The van der Waals surface area contributed by atoms with Gasteiger partial charge in [0.05, 0.1) is 18.4 Å². The van der Waals surface area contributed by atoms with Crippen molar-refractivity contribution >= 4 is 5.91 Å². The predicted octanol–water partition coefficient (Wildman–Crippen LogP) is 1.50. The van der Waals surface area contributed by atoms with Crippen LogP contribution in [0.1, 0.15) is 27.8 Å². The molecular weight excluding hydrogens is 294 g/mol. The molecule has 0 saturated carbocycles. The van der Waals surface area contributed by atoms with Crippen molar-refractivity contribution in [2.75, 3.05) is 7.11 Å². The average Bonchev–Trinajstić information content (AvgIpc) is 3.05. The summed E-state index contributed by atoms with van der Waals surface area (Å²) in [6, 6.07) is 14.3. The lowest BCUT2D eigenvalue weighted by Gasteiger charge is -2.15. The molecule has 114 valence electrons. The van der Waals surface area contributed by atoms with Gasteiger partial charge < -0.3 is 10.1 Å². The van der Waals surface area contributed by atoms with Gasteiger partial charge in [0.1, 0.15) is 11.8 Å². The van der Waals surface area contributed by atoms with Gasteiger partial charge in [0.15, 0.2) is 5.82 Å². The Morgan fingerprint density at radius 2 is 1.91 bits per heavy atom. The van der Waals surface area contributed by atoms with E-state index in [-0.39, 0.29) is 5.91 Å². The van der Waals surface area contributed by atoms with Crippen LogP contribution in [0, 0.1) is 0 Å². The minimum atomic E-state index is -0.434. The molecule has 7 nitrogen and oxygen atoms in total. The molecule has 1 N–H and O–H groups in total. The lowest BCUT2D eigenvalue weighted by atomic mass is 10.1. The van der Waals surface area contributed by atoms with Crippen LogP contribution in [0.3, 0.4) is 0 Å². The number of amides is 1. The number of para-hydroxylation sites is 1. The number of nitrogens with zero attached hydrogens (tertiary/aromatic N) is 4. The van der Waals surface area contributed by atoms with Crippen LogP contribution in [-0.4, -0.2) is 33.2 Å². The zero-order valence-electron chi connectivity index (χ0n) is 12.3. The van der Waals surface area contributed by atoms with E-state index in [9.17, 15) is 4.79 Å². The molecule has 1 aliphatic heterocycles. The Hall–Kier alpha value is -3.22. The molecule has 23 heavy (non-hydrogen) atoms. The summed E-state index contributed by atoms with van der Waals surface area (Å²) in [5.74, 6) is 1.14. The van der Waals surface area contributed by atoms with E-state index in [2.05, 4.69) is 20.8 Å². The molecule has 0 saturated heterocycles. The molecule has 1 atom stereocenters. The van der Waals surface area contributed by atoms with Crippen LogP contribution in [0.4, 0.5) is 0 Å². The number of tetrazole rings is 1. The first kappa shape index (κ1) is 13.4. The fourth-order valence-corrected chi connectivity index (χ4v) is 2.70. The number of hydrogen-bond donors (Lipinski definition) is 1. The third-order valence-corrected chi connectivity index (χ3v) is 3.85. The Morgan fingerprint density at radius 3 is 2.70 bits per heavy atom. The number of carbonyl (C=O) groups excluding carboxylic acids is 1. The van der Waals surface area contributed by atoms with Crippen molar-refractivity contribution in [1.29, 1.82) is 0 Å². The Kier molecular flexibility index (Phi) is 3.04. The molecule has 3 aromatic rings. The largest absolute Gasteiger partial charge is 0.497 e. The lowest BCUT2D eigenvalue weighted by molar-refractivity contribution is 0.0944. The molecule has 0 radical (unpaired) electrons. The number of rotatable bonds is 2. The summed E-state index contributed by atoms with van der Waals surface area (Å²) < 4.78 is 6.77. The van der Waals surface area contributed by atoms with Crippen molar-refractivity contribution in [2.45, 2.75) is 6.04 Å². The SMILES string of the molecule is COc1ccc([C@H]2NC(=O)c3ccccc3-n3nnnc32)cc1. The normalized spacial score (nSPS) is 16.0. The second-order valence-electron chi connectivity index (χ2n) is 5.15. The van der Waals surface area contributed by atoms with E-state index in [1.54, 1.807) is 17.9 Å². The van der Waals surface area contributed by atoms with Gasteiger partial charge in [-0.3, -0.25) is 4.79 Å². The number of hydrogen-bond acceptors (Lipinski definition) is 5. The van der Waals surface area contributed by atoms with Crippen LogP contribution in [0.25, 0.3) is 5.69 Å². The Balaban J connectivity index is 1.86. The third-order valence-electron chi connectivity index (χ3n) is 3.85. The van der Waals surface area contributed by atoms with Gasteiger partial charge in [-0.2, -0.15) is 4.68 Å². The fourth-order valence-electron chi connectivity index (χ4n) is 2.70. The highest BCUT2D eigenvalue weighted by Crippen LogP contribution is 2.28. The van der Waals surface area contributed by atoms with Crippen LogP contribution in [0.2, 0.25) is 0 Å². The summed E-state index contributed by atoms with van der Waals surface area (Å²) in [5.41, 5.74) is 2.08. The number of methoxy groups -OCH3 is 1. The van der Waals surface area contributed by atoms with E-state index < -0.39 is 6.04 Å². The monoisotopic (exact) mass is 307 g/mol. The molecule has 1 aromatic heterocycles. The van der Waals surface area contributed by atoms with Gasteiger partial charge in [0.25, 0.3) is 5.91 Å². The Labute approximate surface area is 131 Å². The minimum Gasteiger partial charge on any atom is -0.497 e. The predicted molar refractivity (Wildman–Crippen MR) is 81.5 cm³/mol. The van der Waals surface area contributed by atoms with Crippen molar-refractivity contribution in [2.24, 2.45) is 0 Å². The van der Waals surface area contributed by atoms with Crippen molar-refractivity contribution < 1.29 is 9.53 Å². The number of ether oxygens (including phenoxy) is 1. The van der Waals surface area contributed by atoms with Crippen LogP contribution in [-0.2, 0) is 0 Å². The van der Waals surface area contributed by atoms with Crippen LogP contribution in [0.5, 0.6) is 5.75 Å². The summed E-state index contributed by atoms with van der Waals surface area (Å²) in [6.45, 7) is 0. The van der Waals surface area contributed by atoms with E-state index >= 15 is 0 Å². The van der Waals surface area contributed by atoms with Gasteiger partial charge in [0, 0.05) is 0 Å². The molecule has 0 bridgehead atoms. The fraction of sp³-hybridized carbons (Fsp3) is 0.125. The van der Waals surface area contributed by atoms with Crippen molar-refractivity contribution in [1.82, 2.24) is 25.5 Å². The maximum Gasteiger partial charge on any atom is 0.254 e. The number of carbonyl (C=O) groups is 1. The zero-order chi connectivity index (χ0) is 15.8. The Morgan fingerprint density at radius 1 is 1.13 bits per heavy atom. The van der Waals surface area contributed by atoms with Crippen LogP contribution in [0.15, 0.2) is 48.5 Å². The van der Waals surface area contributed by atoms with E-state index in [0.29, 0.717) is 17.1 Å². The van der Waals surface area contributed by atoms with Gasteiger partial charge in [-0.15, -0.1) is 5.10 Å². The first-order chi connectivity index (χ1) is 11.3. The average molecular weight is 307 g/mol.